The minimum absolute atomic E-state index is 0.0207. The summed E-state index contributed by atoms with van der Waals surface area (Å²) in [4.78, 5) is 27.0. The second kappa shape index (κ2) is 4.90. The summed E-state index contributed by atoms with van der Waals surface area (Å²) in [6, 6.07) is 0. The molecule has 17 heavy (non-hydrogen) atoms. The molecule has 0 atom stereocenters. The molecule has 0 unspecified atom stereocenters. The van der Waals surface area contributed by atoms with Gasteiger partial charge in [0.25, 0.3) is 0 Å². The van der Waals surface area contributed by atoms with E-state index in [2.05, 4.69) is 13.5 Å². The fourth-order valence-corrected chi connectivity index (χ4v) is 2.43. The van der Waals surface area contributed by atoms with Crippen molar-refractivity contribution < 1.29 is 9.59 Å². The topological polar surface area (TPSA) is 40.6 Å². The Bertz CT molecular complexity index is 326. The molecule has 0 aromatic carbocycles. The lowest BCUT2D eigenvalue weighted by Crippen LogP contribution is -2.56. The molecule has 0 aromatic rings. The van der Waals surface area contributed by atoms with Crippen LogP contribution in [0.15, 0.2) is 12.7 Å². The minimum Gasteiger partial charge on any atom is -0.342 e. The Morgan fingerprint density at radius 1 is 1.18 bits per heavy atom. The number of nitrogens with zero attached hydrogens (tertiary/aromatic N) is 2. The first kappa shape index (κ1) is 12.1. The van der Waals surface area contributed by atoms with Crippen LogP contribution in [-0.4, -0.2) is 47.8 Å². The molecule has 4 nitrogen and oxygen atoms in total. The highest BCUT2D eigenvalue weighted by Gasteiger charge is 2.37. The zero-order valence-electron chi connectivity index (χ0n) is 10.4. The van der Waals surface area contributed by atoms with E-state index < -0.39 is 0 Å². The molecule has 2 rings (SSSR count). The van der Waals surface area contributed by atoms with Crippen LogP contribution in [0.4, 0.5) is 0 Å². The molecule has 0 saturated carbocycles. The van der Waals surface area contributed by atoms with Crippen LogP contribution in [0.3, 0.4) is 0 Å². The van der Waals surface area contributed by atoms with Crippen molar-refractivity contribution in [3.63, 3.8) is 0 Å². The number of carbonyl (C=O) groups is 2. The number of rotatable bonds is 2. The van der Waals surface area contributed by atoms with Gasteiger partial charge in [-0.05, 0) is 24.8 Å². The highest BCUT2D eigenvalue weighted by atomic mass is 16.2. The first-order chi connectivity index (χ1) is 8.11. The molecular formula is C13H20N2O2. The van der Waals surface area contributed by atoms with Gasteiger partial charge in [-0.2, -0.15) is 0 Å². The summed E-state index contributed by atoms with van der Waals surface area (Å²) in [6.45, 7) is 8.57. The van der Waals surface area contributed by atoms with E-state index in [-0.39, 0.29) is 17.7 Å². The maximum Gasteiger partial charge on any atom is 0.246 e. The molecule has 2 fully saturated rings. The third-order valence-electron chi connectivity index (χ3n) is 3.81. The quantitative estimate of drug-likeness (QED) is 0.668. The van der Waals surface area contributed by atoms with Crippen LogP contribution in [0.1, 0.15) is 19.8 Å². The predicted molar refractivity (Wildman–Crippen MR) is 65.2 cm³/mol. The van der Waals surface area contributed by atoms with Crippen LogP contribution in [0.5, 0.6) is 0 Å². The van der Waals surface area contributed by atoms with E-state index in [0.717, 1.165) is 31.8 Å². The molecule has 94 valence electrons. The third kappa shape index (κ3) is 2.51. The van der Waals surface area contributed by atoms with Crippen molar-refractivity contribution in [2.75, 3.05) is 26.2 Å². The third-order valence-corrected chi connectivity index (χ3v) is 3.81. The summed E-state index contributed by atoms with van der Waals surface area (Å²) in [7, 11) is 0. The summed E-state index contributed by atoms with van der Waals surface area (Å²) in [6.07, 6.45) is 3.52. The number of likely N-dealkylation sites (tertiary alicyclic amines) is 2. The zero-order chi connectivity index (χ0) is 12.4. The number of piperidine rings is 1. The second-order valence-corrected chi connectivity index (χ2v) is 5.15. The standard InChI is InChI=1S/C13H20N2O2/c1-3-12(16)15-8-11(9-15)13(17)14-6-4-10(2)5-7-14/h3,10-11H,1,4-9H2,2H3. The van der Waals surface area contributed by atoms with E-state index in [1.54, 1.807) is 4.90 Å². The van der Waals surface area contributed by atoms with Crippen LogP contribution in [0.25, 0.3) is 0 Å². The summed E-state index contributed by atoms with van der Waals surface area (Å²) in [5.41, 5.74) is 0. The summed E-state index contributed by atoms with van der Waals surface area (Å²) in [5, 5.41) is 0. The summed E-state index contributed by atoms with van der Waals surface area (Å²) < 4.78 is 0. The maximum atomic E-state index is 12.1. The molecule has 0 aliphatic carbocycles. The molecule has 0 aromatic heterocycles. The molecule has 2 aliphatic rings. The average molecular weight is 236 g/mol. The van der Waals surface area contributed by atoms with Crippen molar-refractivity contribution in [2.45, 2.75) is 19.8 Å². The minimum atomic E-state index is -0.0682. The van der Waals surface area contributed by atoms with Gasteiger partial charge in [0.2, 0.25) is 11.8 Å². The van der Waals surface area contributed by atoms with Gasteiger partial charge in [-0.3, -0.25) is 9.59 Å². The van der Waals surface area contributed by atoms with Gasteiger partial charge >= 0.3 is 0 Å². The van der Waals surface area contributed by atoms with Gasteiger partial charge in [0.15, 0.2) is 0 Å². The van der Waals surface area contributed by atoms with Gasteiger partial charge in [-0.25, -0.2) is 0 Å². The number of carbonyl (C=O) groups excluding carboxylic acids is 2. The Hall–Kier alpha value is -1.32. The Morgan fingerprint density at radius 2 is 1.76 bits per heavy atom. The van der Waals surface area contributed by atoms with Gasteiger partial charge in [-0.1, -0.05) is 13.5 Å². The zero-order valence-corrected chi connectivity index (χ0v) is 10.4. The van der Waals surface area contributed by atoms with Gasteiger partial charge < -0.3 is 9.80 Å². The van der Waals surface area contributed by atoms with E-state index in [1.807, 2.05) is 4.90 Å². The first-order valence-electron chi connectivity index (χ1n) is 6.32. The normalized spacial score (nSPS) is 22.2. The maximum absolute atomic E-state index is 12.1. The lowest BCUT2D eigenvalue weighted by Gasteiger charge is -2.41. The summed E-state index contributed by atoms with van der Waals surface area (Å²) >= 11 is 0. The van der Waals surface area contributed by atoms with E-state index in [4.69, 9.17) is 0 Å². The number of hydrogen-bond donors (Lipinski definition) is 0. The first-order valence-corrected chi connectivity index (χ1v) is 6.32. The number of hydrogen-bond acceptors (Lipinski definition) is 2. The predicted octanol–water partition coefficient (Wildman–Crippen LogP) is 0.889. The van der Waals surface area contributed by atoms with Gasteiger partial charge in [0, 0.05) is 26.2 Å². The van der Waals surface area contributed by atoms with Crippen molar-refractivity contribution in [3.05, 3.63) is 12.7 Å². The lowest BCUT2D eigenvalue weighted by molar-refractivity contribution is -0.147. The van der Waals surface area contributed by atoms with Crippen LogP contribution in [0, 0.1) is 11.8 Å². The average Bonchev–Trinajstić information content (AvgIpc) is 2.27. The summed E-state index contributed by atoms with van der Waals surface area (Å²) in [5.74, 6) is 0.915. The molecule has 4 heteroatoms. The highest BCUT2D eigenvalue weighted by molar-refractivity contribution is 5.90. The van der Waals surface area contributed by atoms with E-state index in [9.17, 15) is 9.59 Å². The fraction of sp³-hybridized carbons (Fsp3) is 0.692. The van der Waals surface area contributed by atoms with Crippen molar-refractivity contribution in [1.82, 2.24) is 9.80 Å². The Balaban J connectivity index is 1.79. The fourth-order valence-electron chi connectivity index (χ4n) is 2.43. The number of amides is 2. The highest BCUT2D eigenvalue weighted by Crippen LogP contribution is 2.22. The molecule has 0 bridgehead atoms. The van der Waals surface area contributed by atoms with Crippen LogP contribution < -0.4 is 0 Å². The molecule has 0 N–H and O–H groups in total. The lowest BCUT2D eigenvalue weighted by atomic mass is 9.94. The van der Waals surface area contributed by atoms with Gasteiger partial charge in [0.1, 0.15) is 0 Å². The smallest absolute Gasteiger partial charge is 0.246 e. The molecular weight excluding hydrogens is 216 g/mol. The molecule has 2 aliphatic heterocycles. The van der Waals surface area contributed by atoms with Crippen molar-refractivity contribution in [3.8, 4) is 0 Å². The molecule has 2 amide bonds. The van der Waals surface area contributed by atoms with Crippen LogP contribution >= 0.6 is 0 Å². The Morgan fingerprint density at radius 3 is 2.29 bits per heavy atom. The van der Waals surface area contributed by atoms with Gasteiger partial charge in [0.05, 0.1) is 5.92 Å². The van der Waals surface area contributed by atoms with Crippen molar-refractivity contribution in [1.29, 1.82) is 0 Å². The van der Waals surface area contributed by atoms with E-state index in [1.165, 1.54) is 6.08 Å². The van der Waals surface area contributed by atoms with E-state index >= 15 is 0 Å². The SMILES string of the molecule is C=CC(=O)N1CC(C(=O)N2CCC(C)CC2)C1. The van der Waals surface area contributed by atoms with Crippen molar-refractivity contribution in [2.24, 2.45) is 11.8 Å². The second-order valence-electron chi connectivity index (χ2n) is 5.15. The van der Waals surface area contributed by atoms with Gasteiger partial charge in [-0.15, -0.1) is 0 Å². The van der Waals surface area contributed by atoms with Crippen molar-refractivity contribution >= 4 is 11.8 Å². The molecule has 2 saturated heterocycles. The monoisotopic (exact) mass is 236 g/mol. The van der Waals surface area contributed by atoms with E-state index in [0.29, 0.717) is 13.1 Å². The van der Waals surface area contributed by atoms with Crippen LogP contribution in [0.2, 0.25) is 0 Å². The largest absolute Gasteiger partial charge is 0.342 e. The Kier molecular flexibility index (Phi) is 3.50. The molecule has 0 spiro atoms. The molecule has 2 heterocycles. The Labute approximate surface area is 102 Å². The van der Waals surface area contributed by atoms with Crippen LogP contribution in [-0.2, 0) is 9.59 Å². The molecule has 0 radical (unpaired) electrons.